The highest BCUT2D eigenvalue weighted by atomic mass is 79.9. The Hall–Kier alpha value is -1.99. The molecule has 0 bridgehead atoms. The molecule has 2 heterocycles. The summed E-state index contributed by atoms with van der Waals surface area (Å²) in [5.74, 6) is 0.466. The van der Waals surface area contributed by atoms with E-state index in [-0.39, 0.29) is 5.91 Å². The number of carbonyl (C=O) groups is 1. The van der Waals surface area contributed by atoms with Crippen LogP contribution in [0.15, 0.2) is 41.1 Å². The van der Waals surface area contributed by atoms with E-state index in [2.05, 4.69) is 36.1 Å². The van der Waals surface area contributed by atoms with Crippen LogP contribution in [-0.2, 0) is 4.74 Å². The molecule has 7 heteroatoms. The van der Waals surface area contributed by atoms with Crippen molar-refractivity contribution in [3.8, 4) is 0 Å². The fraction of sp³-hybridized carbons (Fsp3) is 0.267. The lowest BCUT2D eigenvalue weighted by atomic mass is 10.2. The summed E-state index contributed by atoms with van der Waals surface area (Å²) in [5.41, 5.74) is 1.15. The molecule has 0 aliphatic carbocycles. The van der Waals surface area contributed by atoms with Gasteiger partial charge in [-0.3, -0.25) is 4.79 Å². The predicted octanol–water partition coefficient (Wildman–Crippen LogP) is 2.33. The van der Waals surface area contributed by atoms with E-state index in [4.69, 9.17) is 4.74 Å². The smallest absolute Gasteiger partial charge is 0.255 e. The fourth-order valence-electron chi connectivity index (χ4n) is 2.15. The summed E-state index contributed by atoms with van der Waals surface area (Å²) in [6.45, 7) is 2.93. The molecule has 0 unspecified atom stereocenters. The number of halogens is 1. The van der Waals surface area contributed by atoms with Crippen molar-refractivity contribution in [1.29, 1.82) is 0 Å². The van der Waals surface area contributed by atoms with Gasteiger partial charge < -0.3 is 15.0 Å². The van der Waals surface area contributed by atoms with Gasteiger partial charge in [0.1, 0.15) is 0 Å². The Balaban J connectivity index is 1.66. The van der Waals surface area contributed by atoms with E-state index < -0.39 is 0 Å². The first kappa shape index (κ1) is 14.9. The fourth-order valence-corrected chi connectivity index (χ4v) is 2.54. The summed E-state index contributed by atoms with van der Waals surface area (Å²) in [6.07, 6.45) is 3.24. The highest BCUT2D eigenvalue weighted by Crippen LogP contribution is 2.15. The molecule has 3 rings (SSSR count). The van der Waals surface area contributed by atoms with Crippen LogP contribution in [0.4, 0.5) is 11.6 Å². The summed E-state index contributed by atoms with van der Waals surface area (Å²) >= 11 is 3.35. The molecule has 1 aliphatic heterocycles. The van der Waals surface area contributed by atoms with Gasteiger partial charge in [-0.05, 0) is 18.2 Å². The number of morpholine rings is 1. The molecule has 1 N–H and O–H groups in total. The van der Waals surface area contributed by atoms with Crippen LogP contribution in [0.3, 0.4) is 0 Å². The summed E-state index contributed by atoms with van der Waals surface area (Å²) < 4.78 is 6.16. The van der Waals surface area contributed by atoms with Crippen molar-refractivity contribution < 1.29 is 9.53 Å². The van der Waals surface area contributed by atoms with Crippen molar-refractivity contribution in [3.63, 3.8) is 0 Å². The van der Waals surface area contributed by atoms with Crippen LogP contribution >= 0.6 is 15.9 Å². The van der Waals surface area contributed by atoms with Crippen molar-refractivity contribution in [2.75, 3.05) is 36.5 Å². The maximum atomic E-state index is 12.1. The van der Waals surface area contributed by atoms with Gasteiger partial charge in [0.2, 0.25) is 5.95 Å². The Morgan fingerprint density at radius 2 is 1.95 bits per heavy atom. The van der Waals surface area contributed by atoms with E-state index in [0.29, 0.717) is 30.4 Å². The van der Waals surface area contributed by atoms with Gasteiger partial charge in [-0.15, -0.1) is 0 Å². The number of hydrogen-bond acceptors (Lipinski definition) is 5. The van der Waals surface area contributed by atoms with Gasteiger partial charge >= 0.3 is 0 Å². The average Bonchev–Trinajstić information content (AvgIpc) is 2.56. The molecule has 1 amide bonds. The minimum atomic E-state index is -0.191. The molecule has 6 nitrogen and oxygen atoms in total. The largest absolute Gasteiger partial charge is 0.378 e. The number of rotatable bonds is 3. The normalized spacial score (nSPS) is 14.7. The molecular formula is C15H15BrN4O2. The zero-order valence-corrected chi connectivity index (χ0v) is 13.4. The van der Waals surface area contributed by atoms with Gasteiger partial charge in [0.15, 0.2) is 0 Å². The summed E-state index contributed by atoms with van der Waals surface area (Å²) in [4.78, 5) is 22.8. The second kappa shape index (κ2) is 6.85. The zero-order valence-electron chi connectivity index (χ0n) is 11.8. The number of aromatic nitrogens is 2. The predicted molar refractivity (Wildman–Crippen MR) is 87.2 cm³/mol. The molecule has 0 saturated carbocycles. The molecule has 1 saturated heterocycles. The summed E-state index contributed by atoms with van der Waals surface area (Å²) in [6, 6.07) is 7.20. The third-order valence-corrected chi connectivity index (χ3v) is 3.77. The molecule has 22 heavy (non-hydrogen) atoms. The van der Waals surface area contributed by atoms with Gasteiger partial charge in [0, 0.05) is 23.1 Å². The lowest BCUT2D eigenvalue weighted by molar-refractivity contribution is 0.102. The van der Waals surface area contributed by atoms with Crippen LogP contribution < -0.4 is 10.2 Å². The number of amides is 1. The quantitative estimate of drug-likeness (QED) is 0.907. The number of hydrogen-bond donors (Lipinski definition) is 1. The van der Waals surface area contributed by atoms with Gasteiger partial charge in [0.05, 0.1) is 31.3 Å². The van der Waals surface area contributed by atoms with Gasteiger partial charge in [-0.1, -0.05) is 22.0 Å². The van der Waals surface area contributed by atoms with Crippen LogP contribution in [0, 0.1) is 0 Å². The lowest BCUT2D eigenvalue weighted by Crippen LogP contribution is -2.37. The molecule has 114 valence electrons. The molecule has 0 atom stereocenters. The molecule has 1 aromatic heterocycles. The van der Waals surface area contributed by atoms with Gasteiger partial charge in [0.25, 0.3) is 5.91 Å². The van der Waals surface area contributed by atoms with E-state index >= 15 is 0 Å². The Morgan fingerprint density at radius 3 is 2.64 bits per heavy atom. The van der Waals surface area contributed by atoms with Crippen molar-refractivity contribution >= 4 is 33.5 Å². The molecular weight excluding hydrogens is 348 g/mol. The van der Waals surface area contributed by atoms with Crippen molar-refractivity contribution in [1.82, 2.24) is 9.97 Å². The van der Waals surface area contributed by atoms with E-state index in [1.54, 1.807) is 24.5 Å². The maximum absolute atomic E-state index is 12.1. The first-order valence-electron chi connectivity index (χ1n) is 6.94. The highest BCUT2D eigenvalue weighted by molar-refractivity contribution is 9.10. The van der Waals surface area contributed by atoms with E-state index in [1.807, 2.05) is 12.1 Å². The van der Waals surface area contributed by atoms with Gasteiger partial charge in [-0.2, -0.15) is 0 Å². The summed E-state index contributed by atoms with van der Waals surface area (Å²) in [5, 5.41) is 2.79. The zero-order chi connectivity index (χ0) is 15.4. The lowest BCUT2D eigenvalue weighted by Gasteiger charge is -2.26. The van der Waals surface area contributed by atoms with Crippen molar-refractivity contribution in [3.05, 3.63) is 46.7 Å². The molecule has 0 radical (unpaired) electrons. The molecule has 2 aromatic rings. The Labute approximate surface area is 136 Å². The minimum absolute atomic E-state index is 0.191. The number of nitrogens with one attached hydrogen (secondary N) is 1. The number of benzene rings is 1. The average molecular weight is 363 g/mol. The minimum Gasteiger partial charge on any atom is -0.378 e. The monoisotopic (exact) mass is 362 g/mol. The van der Waals surface area contributed by atoms with Crippen LogP contribution in [0.25, 0.3) is 0 Å². The van der Waals surface area contributed by atoms with Crippen LogP contribution in [0.2, 0.25) is 0 Å². The highest BCUT2D eigenvalue weighted by Gasteiger charge is 2.14. The SMILES string of the molecule is O=C(Nc1cnc(N2CCOCC2)nc1)c1cccc(Br)c1. The standard InChI is InChI=1S/C15H15BrN4O2/c16-12-3-1-2-11(8-12)14(21)19-13-9-17-15(18-10-13)20-4-6-22-7-5-20/h1-3,8-10H,4-7H2,(H,19,21). The number of ether oxygens (including phenoxy) is 1. The molecule has 0 spiro atoms. The first-order chi connectivity index (χ1) is 10.7. The van der Waals surface area contributed by atoms with Crippen LogP contribution in [0.5, 0.6) is 0 Å². The van der Waals surface area contributed by atoms with Gasteiger partial charge in [-0.25, -0.2) is 9.97 Å². The Morgan fingerprint density at radius 1 is 1.23 bits per heavy atom. The third kappa shape index (κ3) is 3.61. The van der Waals surface area contributed by atoms with E-state index in [1.165, 1.54) is 0 Å². The number of nitrogens with zero attached hydrogens (tertiary/aromatic N) is 3. The maximum Gasteiger partial charge on any atom is 0.255 e. The Kier molecular flexibility index (Phi) is 4.65. The number of anilines is 2. The molecule has 1 fully saturated rings. The second-order valence-electron chi connectivity index (χ2n) is 4.84. The van der Waals surface area contributed by atoms with E-state index in [9.17, 15) is 4.79 Å². The molecule has 1 aromatic carbocycles. The van der Waals surface area contributed by atoms with Crippen LogP contribution in [-0.4, -0.2) is 42.2 Å². The van der Waals surface area contributed by atoms with Crippen molar-refractivity contribution in [2.24, 2.45) is 0 Å². The first-order valence-corrected chi connectivity index (χ1v) is 7.73. The molecule has 1 aliphatic rings. The van der Waals surface area contributed by atoms with E-state index in [0.717, 1.165) is 17.6 Å². The summed E-state index contributed by atoms with van der Waals surface area (Å²) in [7, 11) is 0. The number of carbonyl (C=O) groups excluding carboxylic acids is 1. The third-order valence-electron chi connectivity index (χ3n) is 3.28. The second-order valence-corrected chi connectivity index (χ2v) is 5.75. The van der Waals surface area contributed by atoms with Crippen molar-refractivity contribution in [2.45, 2.75) is 0 Å². The topological polar surface area (TPSA) is 67.4 Å². The Bertz CT molecular complexity index is 657. The van der Waals surface area contributed by atoms with Crippen LogP contribution in [0.1, 0.15) is 10.4 Å².